The smallest absolute Gasteiger partial charge is 0.326 e. The number of carboxylic acid groups (broad SMARTS) is 1. The minimum Gasteiger partial charge on any atom is -0.480 e. The van der Waals surface area contributed by atoms with E-state index in [1.54, 1.807) is 12.3 Å². The number of carbonyl (C=O) groups excluding carboxylic acids is 1. The van der Waals surface area contributed by atoms with Crippen molar-refractivity contribution in [3.63, 3.8) is 0 Å². The van der Waals surface area contributed by atoms with Gasteiger partial charge in [0.25, 0.3) is 5.91 Å². The van der Waals surface area contributed by atoms with Gasteiger partial charge in [0.2, 0.25) is 0 Å². The second-order valence-electron chi connectivity index (χ2n) is 3.10. The van der Waals surface area contributed by atoms with Crippen molar-refractivity contribution in [2.24, 2.45) is 5.73 Å². The summed E-state index contributed by atoms with van der Waals surface area (Å²) in [4.78, 5) is 26.2. The van der Waals surface area contributed by atoms with Crippen LogP contribution < -0.4 is 11.1 Å². The Morgan fingerprint density at radius 3 is 2.81 bits per heavy atom. The first-order valence-electron chi connectivity index (χ1n) is 4.76. The molecule has 1 aromatic heterocycles. The van der Waals surface area contributed by atoms with Crippen LogP contribution in [0.3, 0.4) is 0 Å². The van der Waals surface area contributed by atoms with Gasteiger partial charge in [-0.15, -0.1) is 11.3 Å². The second-order valence-corrected chi connectivity index (χ2v) is 4.05. The quantitative estimate of drug-likeness (QED) is 0.684. The summed E-state index contributed by atoms with van der Waals surface area (Å²) in [6, 6.07) is -0.879. The fourth-order valence-electron chi connectivity index (χ4n) is 1.08. The van der Waals surface area contributed by atoms with Crippen molar-refractivity contribution in [2.75, 3.05) is 0 Å². The third-order valence-electron chi connectivity index (χ3n) is 1.97. The summed E-state index contributed by atoms with van der Waals surface area (Å²) in [7, 11) is 0. The van der Waals surface area contributed by atoms with E-state index in [1.807, 2.05) is 0 Å². The van der Waals surface area contributed by atoms with Crippen molar-refractivity contribution in [3.05, 3.63) is 16.1 Å². The van der Waals surface area contributed by atoms with Crippen molar-refractivity contribution < 1.29 is 14.7 Å². The first-order chi connectivity index (χ1) is 7.58. The van der Waals surface area contributed by atoms with Gasteiger partial charge in [-0.1, -0.05) is 6.92 Å². The first kappa shape index (κ1) is 12.6. The van der Waals surface area contributed by atoms with Crippen LogP contribution in [-0.4, -0.2) is 28.0 Å². The van der Waals surface area contributed by atoms with Crippen molar-refractivity contribution in [1.82, 2.24) is 10.3 Å². The lowest BCUT2D eigenvalue weighted by Crippen LogP contribution is -2.40. The zero-order valence-electron chi connectivity index (χ0n) is 8.77. The van der Waals surface area contributed by atoms with Gasteiger partial charge in [-0.25, -0.2) is 9.78 Å². The average Bonchev–Trinajstić information content (AvgIpc) is 2.73. The Balaban J connectivity index is 2.67. The van der Waals surface area contributed by atoms with Crippen LogP contribution in [0.5, 0.6) is 0 Å². The standard InChI is InChI=1S/C9H13N3O3S/c1-2-5(9(14)15)12-8(13)6-4-16-7(3-10)11-6/h4-5H,2-3,10H2,1H3,(H,12,13)(H,14,15). The molecule has 0 saturated heterocycles. The van der Waals surface area contributed by atoms with E-state index in [2.05, 4.69) is 10.3 Å². The summed E-state index contributed by atoms with van der Waals surface area (Å²) in [5.74, 6) is -1.53. The Morgan fingerprint density at radius 1 is 1.69 bits per heavy atom. The highest BCUT2D eigenvalue weighted by atomic mass is 32.1. The summed E-state index contributed by atoms with van der Waals surface area (Å²) in [5, 5.41) is 13.4. The van der Waals surface area contributed by atoms with Gasteiger partial charge < -0.3 is 16.2 Å². The van der Waals surface area contributed by atoms with Crippen LogP contribution in [0.1, 0.15) is 28.8 Å². The molecule has 0 radical (unpaired) electrons. The predicted octanol–water partition coefficient (Wildman–Crippen LogP) is 0.195. The van der Waals surface area contributed by atoms with Crippen LogP contribution in [0, 0.1) is 0 Å². The topological polar surface area (TPSA) is 105 Å². The first-order valence-corrected chi connectivity index (χ1v) is 5.64. The molecule has 0 aliphatic rings. The maximum absolute atomic E-state index is 11.6. The summed E-state index contributed by atoms with van der Waals surface area (Å²) in [6.07, 6.45) is 0.328. The summed E-state index contributed by atoms with van der Waals surface area (Å²) in [6.45, 7) is 1.96. The van der Waals surface area contributed by atoms with E-state index in [4.69, 9.17) is 10.8 Å². The molecule has 88 valence electrons. The average molecular weight is 243 g/mol. The van der Waals surface area contributed by atoms with Crippen LogP contribution in [-0.2, 0) is 11.3 Å². The van der Waals surface area contributed by atoms with Gasteiger partial charge in [0, 0.05) is 11.9 Å². The van der Waals surface area contributed by atoms with E-state index in [0.29, 0.717) is 11.4 Å². The second kappa shape index (κ2) is 5.57. The highest BCUT2D eigenvalue weighted by molar-refractivity contribution is 7.09. The van der Waals surface area contributed by atoms with Gasteiger partial charge in [-0.2, -0.15) is 0 Å². The van der Waals surface area contributed by atoms with E-state index < -0.39 is 17.9 Å². The lowest BCUT2D eigenvalue weighted by atomic mass is 10.2. The number of rotatable bonds is 5. The van der Waals surface area contributed by atoms with Gasteiger partial charge >= 0.3 is 5.97 Å². The van der Waals surface area contributed by atoms with E-state index in [0.717, 1.165) is 0 Å². The fourth-order valence-corrected chi connectivity index (χ4v) is 1.73. The van der Waals surface area contributed by atoms with Gasteiger partial charge in [0.15, 0.2) is 0 Å². The number of nitrogens with one attached hydrogen (secondary N) is 1. The monoisotopic (exact) mass is 243 g/mol. The number of aliphatic carboxylic acids is 1. The zero-order chi connectivity index (χ0) is 12.1. The Morgan fingerprint density at radius 2 is 2.38 bits per heavy atom. The van der Waals surface area contributed by atoms with Gasteiger partial charge in [0.1, 0.15) is 16.7 Å². The number of carboxylic acids is 1. The maximum Gasteiger partial charge on any atom is 0.326 e. The third kappa shape index (κ3) is 3.01. The fraction of sp³-hybridized carbons (Fsp3) is 0.444. The molecule has 1 rings (SSSR count). The number of thiazole rings is 1. The highest BCUT2D eigenvalue weighted by Gasteiger charge is 2.19. The number of hydrogen-bond acceptors (Lipinski definition) is 5. The molecule has 0 aliphatic carbocycles. The molecule has 1 atom stereocenters. The van der Waals surface area contributed by atoms with Crippen LogP contribution in [0.4, 0.5) is 0 Å². The van der Waals surface area contributed by atoms with Crippen molar-refractivity contribution in [1.29, 1.82) is 0 Å². The molecule has 4 N–H and O–H groups in total. The molecule has 1 aromatic rings. The van der Waals surface area contributed by atoms with Crippen LogP contribution in [0.15, 0.2) is 5.38 Å². The highest BCUT2D eigenvalue weighted by Crippen LogP contribution is 2.09. The zero-order valence-corrected chi connectivity index (χ0v) is 9.58. The molecule has 0 aliphatic heterocycles. The maximum atomic E-state index is 11.6. The summed E-state index contributed by atoms with van der Waals surface area (Å²) < 4.78 is 0. The molecule has 7 heteroatoms. The molecule has 0 spiro atoms. The largest absolute Gasteiger partial charge is 0.480 e. The Labute approximate surface area is 96.5 Å². The summed E-state index contributed by atoms with van der Waals surface area (Å²) >= 11 is 1.28. The van der Waals surface area contributed by atoms with Gasteiger partial charge in [-0.05, 0) is 6.42 Å². The SMILES string of the molecule is CCC(NC(=O)c1csc(CN)n1)C(=O)O. The van der Waals surface area contributed by atoms with Crippen LogP contribution in [0.2, 0.25) is 0 Å². The third-order valence-corrected chi connectivity index (χ3v) is 2.84. The van der Waals surface area contributed by atoms with Crippen LogP contribution in [0.25, 0.3) is 0 Å². The molecular weight excluding hydrogens is 230 g/mol. The molecule has 0 bridgehead atoms. The molecule has 1 heterocycles. The molecule has 1 unspecified atom stereocenters. The van der Waals surface area contributed by atoms with E-state index >= 15 is 0 Å². The molecule has 0 saturated carbocycles. The molecule has 16 heavy (non-hydrogen) atoms. The minimum absolute atomic E-state index is 0.213. The number of nitrogens with zero attached hydrogens (tertiary/aromatic N) is 1. The molecule has 0 fully saturated rings. The van der Waals surface area contributed by atoms with E-state index in [1.165, 1.54) is 11.3 Å². The van der Waals surface area contributed by atoms with Gasteiger partial charge in [-0.3, -0.25) is 4.79 Å². The predicted molar refractivity (Wildman–Crippen MR) is 59.2 cm³/mol. The Bertz CT molecular complexity index is 391. The lowest BCUT2D eigenvalue weighted by molar-refractivity contribution is -0.139. The van der Waals surface area contributed by atoms with E-state index in [9.17, 15) is 9.59 Å². The molecule has 0 aromatic carbocycles. The lowest BCUT2D eigenvalue weighted by Gasteiger charge is -2.10. The number of nitrogens with two attached hydrogens (primary N) is 1. The normalized spacial score (nSPS) is 12.1. The molecule has 1 amide bonds. The van der Waals surface area contributed by atoms with Gasteiger partial charge in [0.05, 0.1) is 0 Å². The number of aromatic nitrogens is 1. The van der Waals surface area contributed by atoms with Crippen molar-refractivity contribution in [2.45, 2.75) is 25.9 Å². The number of hydrogen-bond donors (Lipinski definition) is 3. The number of amides is 1. The molecular formula is C9H13N3O3S. The minimum atomic E-state index is -1.05. The molecule has 6 nitrogen and oxygen atoms in total. The Hall–Kier alpha value is -1.47. The Kier molecular flexibility index (Phi) is 4.39. The van der Waals surface area contributed by atoms with Crippen LogP contribution >= 0.6 is 11.3 Å². The van der Waals surface area contributed by atoms with E-state index in [-0.39, 0.29) is 12.2 Å². The summed E-state index contributed by atoms with van der Waals surface area (Å²) in [5.41, 5.74) is 5.57. The van der Waals surface area contributed by atoms with Crippen molar-refractivity contribution >= 4 is 23.2 Å². The van der Waals surface area contributed by atoms with Crippen molar-refractivity contribution in [3.8, 4) is 0 Å². The number of carbonyl (C=O) groups is 2.